The van der Waals surface area contributed by atoms with Crippen molar-refractivity contribution in [1.82, 2.24) is 0 Å². The number of anilines is 2. The van der Waals surface area contributed by atoms with Crippen molar-refractivity contribution in [3.05, 3.63) is 130 Å². The molecule has 0 saturated carbocycles. The number of nitrogen functional groups attached to an aromatic ring is 2. The second-order valence-electron chi connectivity index (χ2n) is 10.7. The highest BCUT2D eigenvalue weighted by molar-refractivity contribution is 5.44. The van der Waals surface area contributed by atoms with E-state index in [0.717, 1.165) is 37.1 Å². The second-order valence-corrected chi connectivity index (χ2v) is 10.7. The number of hydrogen-bond donors (Lipinski definition) is 2. The zero-order chi connectivity index (χ0) is 26.7. The van der Waals surface area contributed by atoms with Gasteiger partial charge in [-0.2, -0.15) is 0 Å². The fourth-order valence-corrected chi connectivity index (χ4v) is 5.63. The van der Waals surface area contributed by atoms with Gasteiger partial charge in [0.2, 0.25) is 0 Å². The van der Waals surface area contributed by atoms with Crippen LogP contribution >= 0.6 is 0 Å². The fraction of sp³-hybridized carbons (Fsp3) is 0.333. The molecule has 0 aliphatic carbocycles. The lowest BCUT2D eigenvalue weighted by atomic mass is 9.88. The predicted molar refractivity (Wildman–Crippen MR) is 165 cm³/mol. The molecular formula is C36H44N2. The molecular weight excluding hydrogens is 460 g/mol. The molecule has 4 aromatic carbocycles. The summed E-state index contributed by atoms with van der Waals surface area (Å²) in [5.74, 6) is 0.869. The first-order valence-corrected chi connectivity index (χ1v) is 14.5. The molecule has 0 heterocycles. The lowest BCUT2D eigenvalue weighted by Gasteiger charge is -2.17. The summed E-state index contributed by atoms with van der Waals surface area (Å²) in [4.78, 5) is 0. The van der Waals surface area contributed by atoms with Gasteiger partial charge in [-0.25, -0.2) is 0 Å². The van der Waals surface area contributed by atoms with Gasteiger partial charge in [0, 0.05) is 23.2 Å². The summed E-state index contributed by atoms with van der Waals surface area (Å²) in [7, 11) is 0. The van der Waals surface area contributed by atoms with Crippen LogP contribution < -0.4 is 11.5 Å². The Kier molecular flexibility index (Phi) is 10.0. The van der Waals surface area contributed by atoms with E-state index in [2.05, 4.69) is 86.6 Å². The molecule has 0 fully saturated rings. The summed E-state index contributed by atoms with van der Waals surface area (Å²) in [6.07, 6.45) is 9.60. The Hall–Kier alpha value is -3.52. The average Bonchev–Trinajstić information content (AvgIpc) is 2.95. The molecule has 0 aliphatic heterocycles. The lowest BCUT2D eigenvalue weighted by molar-refractivity contribution is 0.640. The molecule has 2 atom stereocenters. The smallest absolute Gasteiger partial charge is 0.0314 e. The first kappa shape index (κ1) is 27.5. The first-order chi connectivity index (χ1) is 18.6. The SMILES string of the molecule is CCC(c1ccc(N)cc1)c1ccc(CCCCCCc2ccc(C(CC)c3ccc(N)cc3)cc2)cc1. The number of benzene rings is 4. The molecule has 0 amide bonds. The van der Waals surface area contributed by atoms with E-state index >= 15 is 0 Å². The van der Waals surface area contributed by atoms with Gasteiger partial charge in [0.05, 0.1) is 0 Å². The summed E-state index contributed by atoms with van der Waals surface area (Å²) in [5.41, 5.74) is 21.8. The third-order valence-corrected chi connectivity index (χ3v) is 7.94. The molecule has 198 valence electrons. The Morgan fingerprint density at radius 2 is 0.711 bits per heavy atom. The van der Waals surface area contributed by atoms with Gasteiger partial charge >= 0.3 is 0 Å². The maximum absolute atomic E-state index is 5.87. The summed E-state index contributed by atoms with van der Waals surface area (Å²) in [5, 5.41) is 0. The van der Waals surface area contributed by atoms with Gasteiger partial charge in [0.15, 0.2) is 0 Å². The van der Waals surface area contributed by atoms with E-state index in [4.69, 9.17) is 11.5 Å². The largest absolute Gasteiger partial charge is 0.399 e. The van der Waals surface area contributed by atoms with E-state index in [1.54, 1.807) is 0 Å². The van der Waals surface area contributed by atoms with Crippen molar-refractivity contribution >= 4 is 11.4 Å². The van der Waals surface area contributed by atoms with Gasteiger partial charge in [-0.1, -0.05) is 99.5 Å². The van der Waals surface area contributed by atoms with Crippen LogP contribution in [0.5, 0.6) is 0 Å². The molecule has 4 aromatic rings. The van der Waals surface area contributed by atoms with Gasteiger partial charge in [0.25, 0.3) is 0 Å². The Morgan fingerprint density at radius 1 is 0.421 bits per heavy atom. The van der Waals surface area contributed by atoms with Crippen molar-refractivity contribution in [2.24, 2.45) is 0 Å². The van der Waals surface area contributed by atoms with Gasteiger partial charge in [0.1, 0.15) is 0 Å². The van der Waals surface area contributed by atoms with Gasteiger partial charge in [-0.3, -0.25) is 0 Å². The van der Waals surface area contributed by atoms with Crippen LogP contribution in [0.2, 0.25) is 0 Å². The summed E-state index contributed by atoms with van der Waals surface area (Å²) in [6.45, 7) is 4.51. The van der Waals surface area contributed by atoms with Crippen molar-refractivity contribution in [3.8, 4) is 0 Å². The maximum atomic E-state index is 5.87. The predicted octanol–water partition coefficient (Wildman–Crippen LogP) is 9.28. The van der Waals surface area contributed by atoms with Crippen molar-refractivity contribution < 1.29 is 0 Å². The molecule has 0 aliphatic rings. The summed E-state index contributed by atoms with van der Waals surface area (Å²) < 4.78 is 0. The van der Waals surface area contributed by atoms with Crippen LogP contribution in [0.25, 0.3) is 0 Å². The second kappa shape index (κ2) is 13.9. The van der Waals surface area contributed by atoms with Gasteiger partial charge < -0.3 is 11.5 Å². The zero-order valence-corrected chi connectivity index (χ0v) is 23.2. The molecule has 2 unspecified atom stereocenters. The highest BCUT2D eigenvalue weighted by atomic mass is 14.5. The number of nitrogens with two attached hydrogens (primary N) is 2. The fourth-order valence-electron chi connectivity index (χ4n) is 5.63. The Labute approximate surface area is 230 Å². The van der Waals surface area contributed by atoms with E-state index in [1.807, 2.05) is 24.3 Å². The molecule has 0 radical (unpaired) electrons. The highest BCUT2D eigenvalue weighted by Crippen LogP contribution is 2.30. The van der Waals surface area contributed by atoms with Gasteiger partial charge in [-0.05, 0) is 96.2 Å². The molecule has 38 heavy (non-hydrogen) atoms. The summed E-state index contributed by atoms with van der Waals surface area (Å²) >= 11 is 0. The van der Waals surface area contributed by atoms with Crippen LogP contribution in [-0.4, -0.2) is 0 Å². The number of unbranched alkanes of at least 4 members (excludes halogenated alkanes) is 3. The van der Waals surface area contributed by atoms with E-state index in [-0.39, 0.29) is 0 Å². The molecule has 0 spiro atoms. The summed E-state index contributed by atoms with van der Waals surface area (Å²) in [6, 6.07) is 35.2. The van der Waals surface area contributed by atoms with E-state index in [1.165, 1.54) is 59.1 Å². The zero-order valence-electron chi connectivity index (χ0n) is 23.2. The van der Waals surface area contributed by atoms with E-state index < -0.39 is 0 Å². The van der Waals surface area contributed by atoms with Crippen LogP contribution in [0, 0.1) is 0 Å². The van der Waals surface area contributed by atoms with Crippen LogP contribution in [0.15, 0.2) is 97.1 Å². The van der Waals surface area contributed by atoms with Crippen molar-refractivity contribution in [1.29, 1.82) is 0 Å². The molecule has 2 nitrogen and oxygen atoms in total. The van der Waals surface area contributed by atoms with Crippen LogP contribution in [0.4, 0.5) is 11.4 Å². The average molecular weight is 505 g/mol. The number of rotatable bonds is 13. The van der Waals surface area contributed by atoms with E-state index in [0.29, 0.717) is 11.8 Å². The van der Waals surface area contributed by atoms with Gasteiger partial charge in [-0.15, -0.1) is 0 Å². The van der Waals surface area contributed by atoms with Crippen molar-refractivity contribution in [3.63, 3.8) is 0 Å². The minimum Gasteiger partial charge on any atom is -0.399 e. The maximum Gasteiger partial charge on any atom is 0.0314 e. The standard InChI is InChI=1S/C36H44N2/c1-3-35(31-19-23-33(37)24-20-31)29-15-11-27(12-16-29)9-7-5-6-8-10-28-13-17-30(18-14-28)36(4-2)32-21-25-34(38)26-22-32/h11-26,35-36H,3-10,37-38H2,1-2H3. The third-order valence-electron chi connectivity index (χ3n) is 7.94. The van der Waals surface area contributed by atoms with Crippen molar-refractivity contribution in [2.75, 3.05) is 11.5 Å². The quantitative estimate of drug-likeness (QED) is 0.141. The Bertz CT molecular complexity index is 1120. The lowest BCUT2D eigenvalue weighted by Crippen LogP contribution is -2.00. The molecule has 4 rings (SSSR count). The molecule has 2 heteroatoms. The number of hydrogen-bond acceptors (Lipinski definition) is 2. The monoisotopic (exact) mass is 504 g/mol. The van der Waals surface area contributed by atoms with Crippen LogP contribution in [0.1, 0.15) is 97.6 Å². The van der Waals surface area contributed by atoms with Crippen LogP contribution in [-0.2, 0) is 12.8 Å². The van der Waals surface area contributed by atoms with Crippen molar-refractivity contribution in [2.45, 2.75) is 77.0 Å². The Balaban J connectivity index is 1.18. The molecule has 0 bridgehead atoms. The minimum atomic E-state index is 0.435. The number of aryl methyl sites for hydroxylation is 2. The minimum absolute atomic E-state index is 0.435. The first-order valence-electron chi connectivity index (χ1n) is 14.5. The molecule has 0 aromatic heterocycles. The highest BCUT2D eigenvalue weighted by Gasteiger charge is 2.13. The normalized spacial score (nSPS) is 12.8. The molecule has 0 saturated heterocycles. The third kappa shape index (κ3) is 7.51. The Morgan fingerprint density at radius 3 is 1.00 bits per heavy atom. The topological polar surface area (TPSA) is 52.0 Å². The van der Waals surface area contributed by atoms with E-state index in [9.17, 15) is 0 Å². The molecule has 4 N–H and O–H groups in total. The van der Waals surface area contributed by atoms with Crippen LogP contribution in [0.3, 0.4) is 0 Å².